The van der Waals surface area contributed by atoms with Gasteiger partial charge in [-0.1, -0.05) is 18.2 Å². The topological polar surface area (TPSA) is 67.3 Å². The summed E-state index contributed by atoms with van der Waals surface area (Å²) in [5, 5.41) is 0.950. The summed E-state index contributed by atoms with van der Waals surface area (Å²) < 4.78 is 25.0. The first-order chi connectivity index (χ1) is 13.3. The van der Waals surface area contributed by atoms with Crippen LogP contribution in [0.2, 0.25) is 0 Å². The van der Waals surface area contributed by atoms with Gasteiger partial charge >= 0.3 is 0 Å². The number of likely N-dealkylation sites (tertiary alicyclic amines) is 1. The lowest BCUT2D eigenvalue weighted by molar-refractivity contribution is 0.0610. The fourth-order valence-electron chi connectivity index (χ4n) is 3.68. The lowest BCUT2D eigenvalue weighted by Gasteiger charge is -2.35. The zero-order valence-electron chi connectivity index (χ0n) is 15.9. The summed E-state index contributed by atoms with van der Waals surface area (Å²) in [5.41, 5.74) is 2.19. The summed E-state index contributed by atoms with van der Waals surface area (Å²) in [6, 6.07) is 12.7. The second-order valence-electron chi connectivity index (χ2n) is 7.28. The highest BCUT2D eigenvalue weighted by Crippen LogP contribution is 2.36. The maximum Gasteiger partial charge on any atom is 0.254 e. The second kappa shape index (κ2) is 7.29. The van der Waals surface area contributed by atoms with Gasteiger partial charge in [0.05, 0.1) is 21.2 Å². The van der Waals surface area contributed by atoms with Crippen molar-refractivity contribution in [2.24, 2.45) is 0 Å². The van der Waals surface area contributed by atoms with Gasteiger partial charge < -0.3 is 4.90 Å². The zero-order valence-corrected chi connectivity index (χ0v) is 17.5. The van der Waals surface area contributed by atoms with Crippen molar-refractivity contribution < 1.29 is 13.2 Å². The van der Waals surface area contributed by atoms with E-state index in [0.29, 0.717) is 12.1 Å². The Labute approximate surface area is 168 Å². The fraction of sp³-hybridized carbons (Fsp3) is 0.333. The van der Waals surface area contributed by atoms with E-state index in [-0.39, 0.29) is 16.8 Å². The molecular weight excluding hydrogens is 392 g/mol. The number of rotatable bonds is 3. The van der Waals surface area contributed by atoms with Crippen molar-refractivity contribution in [3.63, 3.8) is 0 Å². The number of aromatic nitrogens is 1. The molecule has 1 atom stereocenters. The van der Waals surface area contributed by atoms with E-state index < -0.39 is 9.84 Å². The first-order valence-corrected chi connectivity index (χ1v) is 12.0. The van der Waals surface area contributed by atoms with Crippen molar-refractivity contribution >= 4 is 37.3 Å². The normalized spacial score (nSPS) is 17.8. The molecule has 1 unspecified atom stereocenters. The smallest absolute Gasteiger partial charge is 0.254 e. The lowest BCUT2D eigenvalue weighted by atomic mass is 10.00. The molecule has 1 aromatic heterocycles. The molecule has 0 radical (unpaired) electrons. The Hall–Kier alpha value is -2.25. The molecule has 4 rings (SSSR count). The van der Waals surface area contributed by atoms with E-state index in [2.05, 4.69) is 0 Å². The number of aryl methyl sites for hydroxylation is 1. The Morgan fingerprint density at radius 1 is 1.18 bits per heavy atom. The molecule has 0 saturated carbocycles. The van der Waals surface area contributed by atoms with Gasteiger partial charge in [-0.3, -0.25) is 4.79 Å². The predicted octanol–water partition coefficient (Wildman–Crippen LogP) is 4.38. The van der Waals surface area contributed by atoms with E-state index in [4.69, 9.17) is 4.98 Å². The molecule has 1 saturated heterocycles. The maximum absolute atomic E-state index is 13.4. The van der Waals surface area contributed by atoms with Gasteiger partial charge in [-0.05, 0) is 56.0 Å². The molecule has 28 heavy (non-hydrogen) atoms. The fourth-order valence-corrected chi connectivity index (χ4v) is 5.44. The van der Waals surface area contributed by atoms with E-state index in [1.807, 2.05) is 36.1 Å². The van der Waals surface area contributed by atoms with E-state index in [9.17, 15) is 13.2 Å². The molecule has 2 heterocycles. The molecular formula is C21H22N2O3S2. The summed E-state index contributed by atoms with van der Waals surface area (Å²) in [4.78, 5) is 20.2. The molecule has 3 aromatic rings. The predicted molar refractivity (Wildman–Crippen MR) is 112 cm³/mol. The molecule has 0 bridgehead atoms. The summed E-state index contributed by atoms with van der Waals surface area (Å²) in [6.07, 6.45) is 4.03. The van der Waals surface area contributed by atoms with Crippen molar-refractivity contribution in [3.8, 4) is 0 Å². The Bertz CT molecular complexity index is 1120. The number of sulfone groups is 1. The zero-order chi connectivity index (χ0) is 19.9. The number of para-hydroxylation sites is 1. The third kappa shape index (κ3) is 3.56. The van der Waals surface area contributed by atoms with Gasteiger partial charge in [0.15, 0.2) is 9.84 Å². The molecule has 5 nitrogen and oxygen atoms in total. The number of carbonyl (C=O) groups is 1. The molecule has 1 aliphatic rings. The van der Waals surface area contributed by atoms with E-state index in [0.717, 1.165) is 46.3 Å². The van der Waals surface area contributed by atoms with Crippen LogP contribution in [0.3, 0.4) is 0 Å². The average molecular weight is 415 g/mol. The number of hydrogen-bond acceptors (Lipinski definition) is 5. The van der Waals surface area contributed by atoms with Crippen molar-refractivity contribution in [1.82, 2.24) is 9.88 Å². The minimum Gasteiger partial charge on any atom is -0.329 e. The molecule has 0 aliphatic carbocycles. The average Bonchev–Trinajstić information content (AvgIpc) is 3.11. The van der Waals surface area contributed by atoms with Crippen LogP contribution in [0, 0.1) is 6.92 Å². The Morgan fingerprint density at radius 2 is 1.96 bits per heavy atom. The standard InChI is InChI=1S/C21H22N2O3S2/c1-14-10-11-15(28(2,25)26)13-16(14)21(24)23-12-6-5-8-18(23)20-22-17-7-3-4-9-19(17)27-20/h3-4,7,9-11,13,18H,5-6,8,12H2,1-2H3. The van der Waals surface area contributed by atoms with Gasteiger partial charge in [-0.25, -0.2) is 13.4 Å². The number of thiazole rings is 1. The Balaban J connectivity index is 1.73. The minimum atomic E-state index is -3.37. The van der Waals surface area contributed by atoms with Crippen LogP contribution in [0.4, 0.5) is 0 Å². The third-order valence-electron chi connectivity index (χ3n) is 5.23. The monoisotopic (exact) mass is 414 g/mol. The van der Waals surface area contributed by atoms with Gasteiger partial charge in [0.2, 0.25) is 0 Å². The molecule has 0 N–H and O–H groups in total. The number of nitrogens with zero attached hydrogens (tertiary/aromatic N) is 2. The van der Waals surface area contributed by atoms with Crippen LogP contribution in [-0.2, 0) is 9.84 Å². The Morgan fingerprint density at radius 3 is 2.71 bits per heavy atom. The highest BCUT2D eigenvalue weighted by molar-refractivity contribution is 7.90. The summed E-state index contributed by atoms with van der Waals surface area (Å²) >= 11 is 1.63. The lowest BCUT2D eigenvalue weighted by Crippen LogP contribution is -2.38. The van der Waals surface area contributed by atoms with Gasteiger partial charge in [-0.15, -0.1) is 11.3 Å². The number of fused-ring (bicyclic) bond motifs is 1. The van der Waals surface area contributed by atoms with Crippen molar-refractivity contribution in [2.45, 2.75) is 37.1 Å². The number of piperidine rings is 1. The molecule has 1 amide bonds. The van der Waals surface area contributed by atoms with Crippen LogP contribution < -0.4 is 0 Å². The molecule has 1 fully saturated rings. The van der Waals surface area contributed by atoms with Crippen LogP contribution in [0.25, 0.3) is 10.2 Å². The van der Waals surface area contributed by atoms with Crippen LogP contribution in [0.1, 0.15) is 46.2 Å². The third-order valence-corrected chi connectivity index (χ3v) is 7.47. The molecule has 0 spiro atoms. The summed E-state index contributed by atoms with van der Waals surface area (Å²) in [5.74, 6) is -0.119. The second-order valence-corrected chi connectivity index (χ2v) is 10.4. The Kier molecular flexibility index (Phi) is 4.97. The maximum atomic E-state index is 13.4. The number of carbonyl (C=O) groups excluding carboxylic acids is 1. The van der Waals surface area contributed by atoms with Crippen LogP contribution in [0.5, 0.6) is 0 Å². The van der Waals surface area contributed by atoms with E-state index in [1.165, 1.54) is 6.07 Å². The summed E-state index contributed by atoms with van der Waals surface area (Å²) in [6.45, 7) is 2.50. The van der Waals surface area contributed by atoms with Crippen LogP contribution >= 0.6 is 11.3 Å². The summed E-state index contributed by atoms with van der Waals surface area (Å²) in [7, 11) is -3.37. The van der Waals surface area contributed by atoms with E-state index >= 15 is 0 Å². The molecule has 7 heteroatoms. The van der Waals surface area contributed by atoms with Crippen molar-refractivity contribution in [1.29, 1.82) is 0 Å². The van der Waals surface area contributed by atoms with Gasteiger partial charge in [0, 0.05) is 18.4 Å². The molecule has 1 aliphatic heterocycles. The van der Waals surface area contributed by atoms with Crippen LogP contribution in [0.15, 0.2) is 47.4 Å². The first kappa shape index (κ1) is 19.1. The van der Waals surface area contributed by atoms with Crippen LogP contribution in [-0.4, -0.2) is 37.0 Å². The SMILES string of the molecule is Cc1ccc(S(C)(=O)=O)cc1C(=O)N1CCCCC1c1nc2ccccc2s1. The minimum absolute atomic E-state index is 0.0695. The quantitative estimate of drug-likeness (QED) is 0.638. The highest BCUT2D eigenvalue weighted by atomic mass is 32.2. The van der Waals surface area contributed by atoms with Gasteiger partial charge in [0.25, 0.3) is 5.91 Å². The first-order valence-electron chi connectivity index (χ1n) is 9.32. The van der Waals surface area contributed by atoms with Gasteiger partial charge in [0.1, 0.15) is 5.01 Å². The number of benzene rings is 2. The van der Waals surface area contributed by atoms with Crippen molar-refractivity contribution in [2.75, 3.05) is 12.8 Å². The number of hydrogen-bond donors (Lipinski definition) is 0. The number of amides is 1. The van der Waals surface area contributed by atoms with E-state index in [1.54, 1.807) is 23.5 Å². The molecule has 146 valence electrons. The van der Waals surface area contributed by atoms with Crippen molar-refractivity contribution in [3.05, 3.63) is 58.6 Å². The van der Waals surface area contributed by atoms with Gasteiger partial charge in [-0.2, -0.15) is 0 Å². The molecule has 2 aromatic carbocycles. The largest absolute Gasteiger partial charge is 0.329 e. The highest BCUT2D eigenvalue weighted by Gasteiger charge is 2.32.